The molecule has 1 aliphatic heterocycles. The molecule has 1 aliphatic rings. The Balaban J connectivity index is 1.95. The summed E-state index contributed by atoms with van der Waals surface area (Å²) in [6, 6.07) is 0. The van der Waals surface area contributed by atoms with E-state index in [9.17, 15) is 19.0 Å². The van der Waals surface area contributed by atoms with Crippen LogP contribution < -0.4 is 5.73 Å². The lowest BCUT2D eigenvalue weighted by Gasteiger charge is -2.17. The molecule has 1 aromatic heterocycles. The van der Waals surface area contributed by atoms with Crippen LogP contribution >= 0.6 is 15.6 Å². The number of nitrogens with two attached hydrogens (primary N) is 1. The SMILES string of the molecule is NC(=O)c1cn([C@H]2C[C@H](O)[C@@H](COP(=O)(O)OP(=O)(O)O)O2)nn1. The predicted octanol–water partition coefficient (Wildman–Crippen LogP) is -1.75. The second kappa shape index (κ2) is 6.96. The molecule has 1 aromatic rings. The van der Waals surface area contributed by atoms with Crippen LogP contribution in [0.5, 0.6) is 0 Å². The molecule has 1 saturated heterocycles. The van der Waals surface area contributed by atoms with Gasteiger partial charge < -0.3 is 30.3 Å². The lowest BCUT2D eigenvalue weighted by Crippen LogP contribution is -2.26. The van der Waals surface area contributed by atoms with Crippen LogP contribution in [0.4, 0.5) is 0 Å². The molecule has 2 rings (SSSR count). The van der Waals surface area contributed by atoms with Gasteiger partial charge in [-0.15, -0.1) is 5.10 Å². The first kappa shape index (κ1) is 19.1. The Kier molecular flexibility index (Phi) is 5.54. The predicted molar refractivity (Wildman–Crippen MR) is 72.0 cm³/mol. The summed E-state index contributed by atoms with van der Waals surface area (Å²) in [6.07, 6.45) is -1.93. The van der Waals surface area contributed by atoms with Gasteiger partial charge in [0.2, 0.25) is 0 Å². The first-order valence-electron chi connectivity index (χ1n) is 6.26. The fraction of sp³-hybridized carbons (Fsp3) is 0.625. The van der Waals surface area contributed by atoms with E-state index in [0.717, 1.165) is 4.68 Å². The average Bonchev–Trinajstić information content (AvgIpc) is 3.00. The van der Waals surface area contributed by atoms with Crippen LogP contribution in [0.25, 0.3) is 0 Å². The van der Waals surface area contributed by atoms with Crippen molar-refractivity contribution in [2.45, 2.75) is 24.9 Å². The Morgan fingerprint density at radius 2 is 2.12 bits per heavy atom. The molecule has 1 amide bonds. The van der Waals surface area contributed by atoms with Crippen LogP contribution in [0.2, 0.25) is 0 Å². The second-order valence-electron chi connectivity index (χ2n) is 4.72. The molecule has 24 heavy (non-hydrogen) atoms. The number of nitrogens with zero attached hydrogens (tertiary/aromatic N) is 3. The molecule has 136 valence electrons. The van der Waals surface area contributed by atoms with Gasteiger partial charge in [-0.25, -0.2) is 13.8 Å². The molecule has 16 heteroatoms. The number of ether oxygens (including phenoxy) is 1. The summed E-state index contributed by atoms with van der Waals surface area (Å²) in [6.45, 7) is -0.692. The number of carbonyl (C=O) groups excluding carboxylic acids is 1. The Hall–Kier alpha value is -1.21. The number of primary amides is 1. The third-order valence-corrected chi connectivity index (χ3v) is 5.03. The van der Waals surface area contributed by atoms with Crippen molar-refractivity contribution in [3.63, 3.8) is 0 Å². The van der Waals surface area contributed by atoms with E-state index in [1.165, 1.54) is 6.20 Å². The first-order chi connectivity index (χ1) is 11.0. The van der Waals surface area contributed by atoms with Crippen LogP contribution in [-0.2, 0) is 22.7 Å². The number of rotatable bonds is 7. The van der Waals surface area contributed by atoms with Gasteiger partial charge in [0.25, 0.3) is 5.91 Å². The zero-order valence-corrected chi connectivity index (χ0v) is 13.6. The molecule has 0 saturated carbocycles. The van der Waals surface area contributed by atoms with E-state index in [1.54, 1.807) is 0 Å². The zero-order chi connectivity index (χ0) is 18.1. The highest BCUT2D eigenvalue weighted by molar-refractivity contribution is 7.60. The molecule has 0 radical (unpaired) electrons. The number of aliphatic hydroxyl groups is 1. The molecule has 0 spiro atoms. The minimum absolute atomic E-state index is 0.00926. The van der Waals surface area contributed by atoms with Gasteiger partial charge in [0.15, 0.2) is 11.9 Å². The van der Waals surface area contributed by atoms with E-state index < -0.39 is 46.6 Å². The van der Waals surface area contributed by atoms with Crippen LogP contribution in [0.15, 0.2) is 6.20 Å². The van der Waals surface area contributed by atoms with Crippen molar-refractivity contribution in [3.05, 3.63) is 11.9 Å². The maximum absolute atomic E-state index is 11.3. The van der Waals surface area contributed by atoms with Crippen molar-refractivity contribution in [2.24, 2.45) is 5.73 Å². The lowest BCUT2D eigenvalue weighted by molar-refractivity contribution is -0.0480. The minimum Gasteiger partial charge on any atom is -0.390 e. The Labute approximate surface area is 134 Å². The van der Waals surface area contributed by atoms with Crippen LogP contribution in [-0.4, -0.2) is 59.5 Å². The lowest BCUT2D eigenvalue weighted by atomic mass is 10.2. The summed E-state index contributed by atoms with van der Waals surface area (Å²) in [4.78, 5) is 37.0. The summed E-state index contributed by atoms with van der Waals surface area (Å²) in [5.41, 5.74) is 4.90. The van der Waals surface area contributed by atoms with Gasteiger partial charge in [-0.05, 0) is 0 Å². The molecule has 14 nitrogen and oxygen atoms in total. The van der Waals surface area contributed by atoms with Gasteiger partial charge in [0.05, 0.1) is 18.9 Å². The average molecular weight is 388 g/mol. The molecule has 0 bridgehead atoms. The van der Waals surface area contributed by atoms with E-state index in [4.69, 9.17) is 25.2 Å². The molecule has 6 N–H and O–H groups in total. The number of aromatic nitrogens is 3. The summed E-state index contributed by atoms with van der Waals surface area (Å²) in [7, 11) is -10.3. The van der Waals surface area contributed by atoms with Crippen LogP contribution in [0.1, 0.15) is 23.1 Å². The van der Waals surface area contributed by atoms with Crippen LogP contribution in [0, 0.1) is 0 Å². The molecule has 1 fully saturated rings. The van der Waals surface area contributed by atoms with Crippen molar-refractivity contribution >= 4 is 21.6 Å². The number of hydrogen-bond acceptors (Lipinski definition) is 9. The summed E-state index contributed by atoms with van der Waals surface area (Å²) in [5, 5.41) is 16.9. The van der Waals surface area contributed by atoms with Gasteiger partial charge in [-0.1, -0.05) is 5.21 Å². The molecule has 1 unspecified atom stereocenters. The smallest absolute Gasteiger partial charge is 0.390 e. The number of phosphoric acid groups is 2. The Morgan fingerprint density at radius 3 is 2.67 bits per heavy atom. The highest BCUT2D eigenvalue weighted by Crippen LogP contribution is 2.57. The molecule has 2 heterocycles. The monoisotopic (exact) mass is 388 g/mol. The highest BCUT2D eigenvalue weighted by atomic mass is 31.3. The molecular weight excluding hydrogens is 374 g/mol. The van der Waals surface area contributed by atoms with Gasteiger partial charge in [-0.3, -0.25) is 9.32 Å². The van der Waals surface area contributed by atoms with Crippen LogP contribution in [0.3, 0.4) is 0 Å². The quantitative estimate of drug-likeness (QED) is 0.329. The molecular formula is C8H14N4O10P2. The highest BCUT2D eigenvalue weighted by Gasteiger charge is 2.39. The topological polar surface area (TPSA) is 217 Å². The summed E-state index contributed by atoms with van der Waals surface area (Å²) < 4.78 is 36.3. The van der Waals surface area contributed by atoms with Gasteiger partial charge in [0, 0.05) is 6.42 Å². The Bertz CT molecular complexity index is 703. The standard InChI is InChI=1S/C8H14N4O10P2/c9-8(14)4-2-12(11-10-4)7-1-5(13)6(21-7)3-20-24(18,19)22-23(15,16)17/h2,5-7,13H,1,3H2,(H2,9,14)(H,18,19)(H2,15,16,17)/t5-,6+,7+/m0/s1. The van der Waals surface area contributed by atoms with Crippen molar-refractivity contribution < 1.29 is 47.3 Å². The van der Waals surface area contributed by atoms with Gasteiger partial charge in [0.1, 0.15) is 6.10 Å². The van der Waals surface area contributed by atoms with Crippen molar-refractivity contribution in [2.75, 3.05) is 6.61 Å². The zero-order valence-electron chi connectivity index (χ0n) is 11.8. The second-order valence-corrected chi connectivity index (χ2v) is 7.55. The fourth-order valence-corrected chi connectivity index (χ4v) is 3.48. The number of phosphoric ester groups is 1. The van der Waals surface area contributed by atoms with E-state index in [2.05, 4.69) is 19.1 Å². The fourth-order valence-electron chi connectivity index (χ4n) is 1.88. The number of carbonyl (C=O) groups is 1. The van der Waals surface area contributed by atoms with Crippen molar-refractivity contribution in [1.82, 2.24) is 15.0 Å². The third-order valence-electron chi connectivity index (χ3n) is 2.87. The van der Waals surface area contributed by atoms with Gasteiger partial charge in [-0.2, -0.15) is 4.31 Å². The summed E-state index contributed by atoms with van der Waals surface area (Å²) in [5.74, 6) is -0.810. The van der Waals surface area contributed by atoms with Crippen molar-refractivity contribution in [3.8, 4) is 0 Å². The van der Waals surface area contributed by atoms with E-state index in [1.807, 2.05) is 0 Å². The largest absolute Gasteiger partial charge is 0.481 e. The molecule has 0 aromatic carbocycles. The number of amides is 1. The normalized spacial score (nSPS) is 27.1. The number of aliphatic hydroxyl groups excluding tert-OH is 1. The third kappa shape index (κ3) is 5.14. The van der Waals surface area contributed by atoms with Crippen molar-refractivity contribution in [1.29, 1.82) is 0 Å². The maximum Gasteiger partial charge on any atom is 0.481 e. The molecule has 4 atom stereocenters. The Morgan fingerprint density at radius 1 is 1.46 bits per heavy atom. The molecule has 0 aliphatic carbocycles. The van der Waals surface area contributed by atoms with E-state index >= 15 is 0 Å². The van der Waals surface area contributed by atoms with Gasteiger partial charge >= 0.3 is 15.6 Å². The summed E-state index contributed by atoms with van der Waals surface area (Å²) >= 11 is 0. The van der Waals surface area contributed by atoms with E-state index in [0.29, 0.717) is 0 Å². The minimum atomic E-state index is -5.24. The number of hydrogen-bond donors (Lipinski definition) is 5. The maximum atomic E-state index is 11.3. The first-order valence-corrected chi connectivity index (χ1v) is 9.29. The van der Waals surface area contributed by atoms with E-state index in [-0.39, 0.29) is 12.1 Å².